The molecule has 2 aromatic heterocycles. The minimum Gasteiger partial charge on any atom is -0.726 e. The first kappa shape index (κ1) is 13.0. The van der Waals surface area contributed by atoms with Crippen molar-refractivity contribution in [2.75, 3.05) is 6.61 Å². The van der Waals surface area contributed by atoms with Crippen LogP contribution in [-0.4, -0.2) is 29.7 Å². The van der Waals surface area contributed by atoms with E-state index in [9.17, 15) is 13.0 Å². The Morgan fingerprint density at radius 1 is 1.50 bits per heavy atom. The summed E-state index contributed by atoms with van der Waals surface area (Å²) in [5.41, 5.74) is 0.874. The molecule has 0 spiro atoms. The second-order valence-electron chi connectivity index (χ2n) is 3.25. The first-order valence-electron chi connectivity index (χ1n) is 4.90. The van der Waals surface area contributed by atoms with E-state index < -0.39 is 10.4 Å². The van der Waals surface area contributed by atoms with Gasteiger partial charge in [-0.25, -0.2) is 13.4 Å². The van der Waals surface area contributed by atoms with E-state index in [1.165, 1.54) is 16.0 Å². The van der Waals surface area contributed by atoms with Gasteiger partial charge in [-0.15, -0.1) is 11.3 Å². The van der Waals surface area contributed by atoms with Crippen molar-refractivity contribution in [2.45, 2.75) is 6.54 Å². The summed E-state index contributed by atoms with van der Waals surface area (Å²) < 4.78 is 36.2. The van der Waals surface area contributed by atoms with Gasteiger partial charge in [0.1, 0.15) is 17.8 Å². The van der Waals surface area contributed by atoms with Crippen LogP contribution < -0.4 is 4.68 Å². The maximum Gasteiger partial charge on any atom is 0.217 e. The Labute approximate surface area is 108 Å². The molecule has 18 heavy (non-hydrogen) atoms. The molecule has 0 saturated heterocycles. The van der Waals surface area contributed by atoms with Gasteiger partial charge in [-0.05, 0) is 5.10 Å². The average Bonchev–Trinajstić information content (AvgIpc) is 2.82. The minimum atomic E-state index is -4.64. The van der Waals surface area contributed by atoms with Crippen LogP contribution in [0, 0.1) is 0 Å². The van der Waals surface area contributed by atoms with Crippen molar-refractivity contribution in [1.82, 2.24) is 10.1 Å². The molecule has 0 aromatic carbocycles. The number of rotatable bonds is 5. The van der Waals surface area contributed by atoms with Crippen molar-refractivity contribution in [3.63, 3.8) is 0 Å². The summed E-state index contributed by atoms with van der Waals surface area (Å²) in [5.74, 6) is 0. The van der Waals surface area contributed by atoms with E-state index in [2.05, 4.69) is 14.3 Å². The van der Waals surface area contributed by atoms with Crippen LogP contribution in [-0.2, 0) is 21.1 Å². The molecule has 2 heterocycles. The number of hydrogen-bond donors (Lipinski definition) is 0. The molecule has 0 amide bonds. The van der Waals surface area contributed by atoms with E-state index >= 15 is 0 Å². The van der Waals surface area contributed by atoms with Gasteiger partial charge in [-0.3, -0.25) is 4.18 Å². The first-order chi connectivity index (χ1) is 8.54. The molecule has 0 atom stereocenters. The first-order valence-corrected chi connectivity index (χ1v) is 7.12. The zero-order valence-electron chi connectivity index (χ0n) is 9.09. The molecule has 0 aliphatic carbocycles. The quantitative estimate of drug-likeness (QED) is 0.435. The fourth-order valence-electron chi connectivity index (χ4n) is 1.24. The average molecular weight is 287 g/mol. The van der Waals surface area contributed by atoms with Crippen LogP contribution in [0.4, 0.5) is 0 Å². The van der Waals surface area contributed by atoms with Crippen molar-refractivity contribution in [3.05, 3.63) is 30.0 Å². The van der Waals surface area contributed by atoms with Crippen LogP contribution in [0.2, 0.25) is 0 Å². The van der Waals surface area contributed by atoms with Gasteiger partial charge in [0, 0.05) is 23.2 Å². The predicted octanol–water partition coefficient (Wildman–Crippen LogP) is -0.0306. The lowest BCUT2D eigenvalue weighted by Crippen LogP contribution is -2.39. The van der Waals surface area contributed by atoms with Crippen LogP contribution in [0.25, 0.3) is 10.6 Å². The Bertz CT molecular complexity index is 595. The Hall–Kier alpha value is -1.42. The molecule has 9 heteroatoms. The van der Waals surface area contributed by atoms with E-state index in [1.807, 2.05) is 5.38 Å². The molecule has 0 fully saturated rings. The molecule has 0 bridgehead atoms. The molecule has 2 aromatic rings. The number of aromatic nitrogens is 3. The molecule has 2 rings (SSSR count). The number of hydrogen-bond acceptors (Lipinski definition) is 7. The van der Waals surface area contributed by atoms with Crippen LogP contribution in [0.5, 0.6) is 0 Å². The van der Waals surface area contributed by atoms with E-state index in [1.54, 1.807) is 24.7 Å². The Balaban J connectivity index is 1.96. The van der Waals surface area contributed by atoms with Crippen molar-refractivity contribution in [2.24, 2.45) is 0 Å². The highest BCUT2D eigenvalue weighted by atomic mass is 32.3. The van der Waals surface area contributed by atoms with Gasteiger partial charge >= 0.3 is 0 Å². The highest BCUT2D eigenvalue weighted by molar-refractivity contribution is 7.80. The van der Waals surface area contributed by atoms with E-state index in [-0.39, 0.29) is 13.2 Å². The Morgan fingerprint density at radius 2 is 2.33 bits per heavy atom. The third-order valence-corrected chi connectivity index (χ3v) is 3.28. The summed E-state index contributed by atoms with van der Waals surface area (Å²) in [4.78, 5) is 4.13. The van der Waals surface area contributed by atoms with E-state index in [0.29, 0.717) is 0 Å². The highest BCUT2D eigenvalue weighted by Gasteiger charge is 2.07. The van der Waals surface area contributed by atoms with E-state index in [4.69, 9.17) is 0 Å². The third kappa shape index (κ3) is 3.81. The van der Waals surface area contributed by atoms with Gasteiger partial charge in [0.15, 0.2) is 12.7 Å². The third-order valence-electron chi connectivity index (χ3n) is 2.00. The summed E-state index contributed by atoms with van der Waals surface area (Å²) in [7, 11) is -4.64. The van der Waals surface area contributed by atoms with Crippen LogP contribution >= 0.6 is 11.3 Å². The molecule has 0 unspecified atom stereocenters. The summed E-state index contributed by atoms with van der Waals surface area (Å²) >= 11 is 1.50. The summed E-state index contributed by atoms with van der Waals surface area (Å²) in [5, 5.41) is 6.78. The number of thiazole rings is 1. The molecule has 0 aliphatic rings. The number of nitrogens with zero attached hydrogens (tertiary/aromatic N) is 3. The maximum atomic E-state index is 10.2. The molecule has 0 N–H and O–H groups in total. The van der Waals surface area contributed by atoms with Gasteiger partial charge < -0.3 is 4.55 Å². The van der Waals surface area contributed by atoms with Gasteiger partial charge in [0.05, 0.1) is 0 Å². The topological polar surface area (TPSA) is 96.1 Å². The summed E-state index contributed by atoms with van der Waals surface area (Å²) in [6.07, 6.45) is 4.98. The molecule has 7 nitrogen and oxygen atoms in total. The van der Waals surface area contributed by atoms with E-state index in [0.717, 1.165) is 10.6 Å². The molecule has 96 valence electrons. The fourth-order valence-corrected chi connectivity index (χ4v) is 2.15. The van der Waals surface area contributed by atoms with Crippen LogP contribution in [0.3, 0.4) is 0 Å². The molecule has 0 radical (unpaired) electrons. The van der Waals surface area contributed by atoms with Crippen LogP contribution in [0.1, 0.15) is 0 Å². The minimum absolute atomic E-state index is 0.180. The lowest BCUT2D eigenvalue weighted by molar-refractivity contribution is -0.754. The largest absolute Gasteiger partial charge is 0.726 e. The zero-order valence-corrected chi connectivity index (χ0v) is 10.7. The Morgan fingerprint density at radius 3 is 2.89 bits per heavy atom. The predicted molar refractivity (Wildman–Crippen MR) is 61.2 cm³/mol. The second kappa shape index (κ2) is 5.48. The molecular weight excluding hydrogens is 278 g/mol. The SMILES string of the molecule is O=S(=O)([O-])OCC[n+]1ccc(-c2nccs2)cn1. The van der Waals surface area contributed by atoms with Crippen LogP contribution in [0.15, 0.2) is 30.0 Å². The smallest absolute Gasteiger partial charge is 0.217 e. The van der Waals surface area contributed by atoms with Gasteiger partial charge in [0.25, 0.3) is 0 Å². The van der Waals surface area contributed by atoms with Gasteiger partial charge in [0.2, 0.25) is 10.4 Å². The zero-order chi connectivity index (χ0) is 13.0. The lowest BCUT2D eigenvalue weighted by atomic mass is 10.3. The van der Waals surface area contributed by atoms with Crippen molar-refractivity contribution in [3.8, 4) is 10.6 Å². The van der Waals surface area contributed by atoms with Crippen molar-refractivity contribution < 1.29 is 21.8 Å². The monoisotopic (exact) mass is 287 g/mol. The summed E-state index contributed by atoms with van der Waals surface area (Å²) in [6, 6.07) is 1.80. The maximum absolute atomic E-state index is 10.2. The fraction of sp³-hybridized carbons (Fsp3) is 0.222. The second-order valence-corrected chi connectivity index (χ2v) is 5.19. The standard InChI is InChI=1S/C9H9N3O4S2/c13-18(14,15)16-5-4-12-3-1-8(7-11-12)9-10-2-6-17-9/h1-3,6-7H,4-5H2. The normalized spacial score (nSPS) is 11.6. The highest BCUT2D eigenvalue weighted by Crippen LogP contribution is 2.18. The molecule has 0 aliphatic heterocycles. The van der Waals surface area contributed by atoms with Gasteiger partial charge in [-0.1, -0.05) is 4.68 Å². The summed E-state index contributed by atoms with van der Waals surface area (Å²) in [6.45, 7) is -0.0558. The lowest BCUT2D eigenvalue weighted by Gasteiger charge is -2.04. The Kier molecular flexibility index (Phi) is 3.97. The van der Waals surface area contributed by atoms with Crippen molar-refractivity contribution in [1.29, 1.82) is 0 Å². The van der Waals surface area contributed by atoms with Crippen molar-refractivity contribution >= 4 is 21.7 Å². The molecular formula is C9H9N3O4S2. The molecule has 0 saturated carbocycles. The van der Waals surface area contributed by atoms with Gasteiger partial charge in [-0.2, -0.15) is 0 Å².